The Bertz CT molecular complexity index is 728. The Morgan fingerprint density at radius 1 is 1.39 bits per heavy atom. The predicted molar refractivity (Wildman–Crippen MR) is 91.2 cm³/mol. The molecule has 1 heterocycles. The van der Waals surface area contributed by atoms with Crippen LogP contribution >= 0.6 is 11.8 Å². The van der Waals surface area contributed by atoms with Crippen LogP contribution in [-0.2, 0) is 4.79 Å². The lowest BCUT2D eigenvalue weighted by Gasteiger charge is -2.14. The summed E-state index contributed by atoms with van der Waals surface area (Å²) >= 11 is 1.25. The molecule has 1 aromatic heterocycles. The minimum absolute atomic E-state index is 0.133. The standard InChI is InChI=1S/C16H19N3O3S/c1-4-13(23-16-17-10(2)9-14(20)19-16)15(21)18-11-5-7-12(22-3)8-6-11/h5-9,13H,4H2,1-3H3,(H,18,21)(H,17,19,20). The second-order valence-corrected chi connectivity index (χ2v) is 6.12. The molecule has 0 saturated heterocycles. The summed E-state index contributed by atoms with van der Waals surface area (Å²) in [5.41, 5.74) is 1.10. The van der Waals surface area contributed by atoms with Gasteiger partial charge in [-0.2, -0.15) is 0 Å². The van der Waals surface area contributed by atoms with Crippen LogP contribution in [0.1, 0.15) is 19.0 Å². The fourth-order valence-corrected chi connectivity index (χ4v) is 2.92. The molecule has 1 aromatic carbocycles. The van der Waals surface area contributed by atoms with E-state index in [1.165, 1.54) is 17.8 Å². The van der Waals surface area contributed by atoms with Crippen molar-refractivity contribution < 1.29 is 9.53 Å². The lowest BCUT2D eigenvalue weighted by Crippen LogP contribution is -2.25. The van der Waals surface area contributed by atoms with Gasteiger partial charge in [0.1, 0.15) is 5.75 Å². The smallest absolute Gasteiger partial charge is 0.251 e. The van der Waals surface area contributed by atoms with Gasteiger partial charge in [0.05, 0.1) is 12.4 Å². The van der Waals surface area contributed by atoms with E-state index in [1.807, 2.05) is 6.92 Å². The summed E-state index contributed by atoms with van der Waals surface area (Å²) in [6.07, 6.45) is 0.615. The summed E-state index contributed by atoms with van der Waals surface area (Å²) < 4.78 is 5.09. The fourth-order valence-electron chi connectivity index (χ4n) is 1.96. The van der Waals surface area contributed by atoms with Gasteiger partial charge in [-0.3, -0.25) is 9.59 Å². The maximum Gasteiger partial charge on any atom is 0.251 e. The third-order valence-electron chi connectivity index (χ3n) is 3.12. The first-order valence-corrected chi connectivity index (χ1v) is 8.09. The Morgan fingerprint density at radius 2 is 2.09 bits per heavy atom. The zero-order valence-electron chi connectivity index (χ0n) is 13.3. The van der Waals surface area contributed by atoms with E-state index in [1.54, 1.807) is 38.3 Å². The van der Waals surface area contributed by atoms with E-state index in [9.17, 15) is 9.59 Å². The van der Waals surface area contributed by atoms with Gasteiger partial charge in [0.2, 0.25) is 5.91 Å². The Hall–Kier alpha value is -2.28. The number of nitrogens with zero attached hydrogens (tertiary/aromatic N) is 1. The Kier molecular flexibility index (Phi) is 5.81. The monoisotopic (exact) mass is 333 g/mol. The molecule has 0 bridgehead atoms. The Balaban J connectivity index is 2.06. The third kappa shape index (κ3) is 4.85. The quantitative estimate of drug-likeness (QED) is 0.627. The highest BCUT2D eigenvalue weighted by Gasteiger charge is 2.19. The maximum atomic E-state index is 12.4. The number of aromatic amines is 1. The first kappa shape index (κ1) is 17.1. The average molecular weight is 333 g/mol. The van der Waals surface area contributed by atoms with Crippen molar-refractivity contribution in [3.05, 3.63) is 46.4 Å². The molecular weight excluding hydrogens is 314 g/mol. The number of thioether (sulfide) groups is 1. The molecule has 0 radical (unpaired) electrons. The van der Waals surface area contributed by atoms with Gasteiger partial charge in [0.25, 0.3) is 5.56 Å². The largest absolute Gasteiger partial charge is 0.497 e. The topological polar surface area (TPSA) is 84.1 Å². The molecule has 0 aliphatic carbocycles. The third-order valence-corrected chi connectivity index (χ3v) is 4.37. The van der Waals surface area contributed by atoms with Crippen LogP contribution in [0.2, 0.25) is 0 Å². The van der Waals surface area contributed by atoms with Crippen molar-refractivity contribution in [2.24, 2.45) is 0 Å². The van der Waals surface area contributed by atoms with Gasteiger partial charge in [-0.05, 0) is 37.6 Å². The van der Waals surface area contributed by atoms with Crippen molar-refractivity contribution >= 4 is 23.4 Å². The van der Waals surface area contributed by atoms with Gasteiger partial charge in [-0.25, -0.2) is 4.98 Å². The van der Waals surface area contributed by atoms with Crippen molar-refractivity contribution in [1.82, 2.24) is 9.97 Å². The summed E-state index contributed by atoms with van der Waals surface area (Å²) in [5, 5.41) is 2.96. The number of hydrogen-bond donors (Lipinski definition) is 2. The number of amides is 1. The highest BCUT2D eigenvalue weighted by molar-refractivity contribution is 8.00. The van der Waals surface area contributed by atoms with E-state index in [-0.39, 0.29) is 16.7 Å². The molecule has 0 fully saturated rings. The molecule has 1 unspecified atom stereocenters. The molecule has 2 N–H and O–H groups in total. The van der Waals surface area contributed by atoms with Gasteiger partial charge < -0.3 is 15.0 Å². The van der Waals surface area contributed by atoms with Gasteiger partial charge in [-0.15, -0.1) is 0 Å². The zero-order valence-corrected chi connectivity index (χ0v) is 14.1. The van der Waals surface area contributed by atoms with Crippen molar-refractivity contribution in [3.63, 3.8) is 0 Å². The molecule has 0 saturated carbocycles. The normalized spacial score (nSPS) is 11.8. The van der Waals surface area contributed by atoms with Crippen molar-refractivity contribution in [1.29, 1.82) is 0 Å². The number of carbonyl (C=O) groups is 1. The van der Waals surface area contributed by atoms with Crippen LogP contribution in [0.4, 0.5) is 5.69 Å². The molecule has 23 heavy (non-hydrogen) atoms. The van der Waals surface area contributed by atoms with Crippen LogP contribution in [0.3, 0.4) is 0 Å². The number of ether oxygens (including phenoxy) is 1. The van der Waals surface area contributed by atoms with Crippen LogP contribution in [0.15, 0.2) is 40.3 Å². The average Bonchev–Trinajstić information content (AvgIpc) is 2.52. The first-order chi connectivity index (χ1) is 11.0. The SMILES string of the molecule is CCC(Sc1nc(C)cc(=O)[nH]1)C(=O)Nc1ccc(OC)cc1. The van der Waals surface area contributed by atoms with E-state index in [2.05, 4.69) is 15.3 Å². The second-order valence-electron chi connectivity index (χ2n) is 4.92. The van der Waals surface area contributed by atoms with Gasteiger partial charge in [0.15, 0.2) is 5.16 Å². The number of aryl methyl sites for hydroxylation is 1. The molecule has 1 atom stereocenters. The van der Waals surface area contributed by atoms with E-state index >= 15 is 0 Å². The molecule has 1 amide bonds. The predicted octanol–water partition coefficient (Wildman–Crippen LogP) is 2.60. The van der Waals surface area contributed by atoms with Crippen LogP contribution < -0.4 is 15.6 Å². The van der Waals surface area contributed by atoms with Gasteiger partial charge in [-0.1, -0.05) is 18.7 Å². The Morgan fingerprint density at radius 3 is 2.65 bits per heavy atom. The highest BCUT2D eigenvalue weighted by Crippen LogP contribution is 2.23. The minimum atomic E-state index is -0.345. The van der Waals surface area contributed by atoms with Crippen LogP contribution in [0, 0.1) is 6.92 Å². The minimum Gasteiger partial charge on any atom is -0.497 e. The van der Waals surface area contributed by atoms with Crippen molar-refractivity contribution in [2.45, 2.75) is 30.7 Å². The molecular formula is C16H19N3O3S. The zero-order chi connectivity index (χ0) is 16.8. The first-order valence-electron chi connectivity index (χ1n) is 7.21. The van der Waals surface area contributed by atoms with Gasteiger partial charge >= 0.3 is 0 Å². The Labute approximate surface area is 138 Å². The molecule has 0 aliphatic rings. The number of aromatic nitrogens is 2. The summed E-state index contributed by atoms with van der Waals surface area (Å²) in [6, 6.07) is 8.54. The number of H-pyrrole nitrogens is 1. The van der Waals surface area contributed by atoms with E-state index in [0.29, 0.717) is 23.0 Å². The molecule has 0 spiro atoms. The van der Waals surface area contributed by atoms with E-state index < -0.39 is 0 Å². The maximum absolute atomic E-state index is 12.4. The molecule has 6 nitrogen and oxygen atoms in total. The van der Waals surface area contributed by atoms with Gasteiger partial charge in [0, 0.05) is 17.4 Å². The lowest BCUT2D eigenvalue weighted by molar-refractivity contribution is -0.115. The molecule has 2 rings (SSSR count). The van der Waals surface area contributed by atoms with Crippen LogP contribution in [-0.4, -0.2) is 28.2 Å². The van der Waals surface area contributed by atoms with Crippen LogP contribution in [0.25, 0.3) is 0 Å². The summed E-state index contributed by atoms with van der Waals surface area (Å²) in [6.45, 7) is 3.66. The van der Waals surface area contributed by atoms with E-state index in [4.69, 9.17) is 4.74 Å². The second kappa shape index (κ2) is 7.82. The van der Waals surface area contributed by atoms with Crippen molar-refractivity contribution in [3.8, 4) is 5.75 Å². The number of anilines is 1. The molecule has 0 aliphatic heterocycles. The summed E-state index contributed by atoms with van der Waals surface area (Å²) in [4.78, 5) is 30.8. The summed E-state index contributed by atoms with van der Waals surface area (Å²) in [5.74, 6) is 0.595. The number of carbonyl (C=O) groups excluding carboxylic acids is 1. The van der Waals surface area contributed by atoms with E-state index in [0.717, 1.165) is 5.75 Å². The summed E-state index contributed by atoms with van der Waals surface area (Å²) in [7, 11) is 1.59. The fraction of sp³-hybridized carbons (Fsp3) is 0.312. The number of rotatable bonds is 6. The molecule has 7 heteroatoms. The number of benzene rings is 1. The lowest BCUT2D eigenvalue weighted by atomic mass is 10.2. The van der Waals surface area contributed by atoms with Crippen LogP contribution in [0.5, 0.6) is 5.75 Å². The molecule has 2 aromatic rings. The number of hydrogen-bond acceptors (Lipinski definition) is 5. The van der Waals surface area contributed by atoms with Crippen molar-refractivity contribution in [2.75, 3.05) is 12.4 Å². The highest BCUT2D eigenvalue weighted by atomic mass is 32.2. The number of nitrogens with one attached hydrogen (secondary N) is 2. The molecule has 122 valence electrons. The number of methoxy groups -OCH3 is 1.